The van der Waals surface area contributed by atoms with Gasteiger partial charge in [-0.3, -0.25) is 4.99 Å². The summed E-state index contributed by atoms with van der Waals surface area (Å²) in [6.45, 7) is 3.43. The summed E-state index contributed by atoms with van der Waals surface area (Å²) in [6, 6.07) is 1.49. The van der Waals surface area contributed by atoms with Crippen LogP contribution in [0.25, 0.3) is 0 Å². The molecule has 4 nitrogen and oxygen atoms in total. The molecule has 1 heterocycles. The average Bonchev–Trinajstić information content (AvgIpc) is 2.90. The zero-order valence-corrected chi connectivity index (χ0v) is 11.3. The van der Waals surface area contributed by atoms with Crippen molar-refractivity contribution in [3.8, 4) is 0 Å². The summed E-state index contributed by atoms with van der Waals surface area (Å²) in [5.74, 6) is 1.40. The predicted molar refractivity (Wildman–Crippen MR) is 74.6 cm³/mol. The molecule has 1 atom stereocenters. The smallest absolute Gasteiger partial charge is 0.188 e. The largest absolute Gasteiger partial charge is 0.370 e. The van der Waals surface area contributed by atoms with Crippen LogP contribution >= 0.6 is 0 Å². The van der Waals surface area contributed by atoms with Crippen molar-refractivity contribution in [1.82, 2.24) is 10.2 Å². The second-order valence-corrected chi connectivity index (χ2v) is 6.23. The molecule has 3 fully saturated rings. The van der Waals surface area contributed by atoms with Crippen LogP contribution in [0.2, 0.25) is 0 Å². The third-order valence-electron chi connectivity index (χ3n) is 4.61. The molecule has 0 spiro atoms. The standard InChI is InChI=1S/C14H26N4/c15-14(17-12-3-1-2-4-12)16-9-11-7-8-18(10-11)13-5-6-13/h11-13H,1-10H2,(H3,15,16,17). The molecule has 3 rings (SSSR count). The minimum Gasteiger partial charge on any atom is -0.370 e. The Balaban J connectivity index is 1.39. The van der Waals surface area contributed by atoms with Gasteiger partial charge in [0.25, 0.3) is 0 Å². The number of nitrogens with zero attached hydrogens (tertiary/aromatic N) is 2. The van der Waals surface area contributed by atoms with Crippen molar-refractivity contribution in [2.45, 2.75) is 57.0 Å². The molecule has 18 heavy (non-hydrogen) atoms. The highest BCUT2D eigenvalue weighted by Crippen LogP contribution is 2.31. The van der Waals surface area contributed by atoms with E-state index in [1.807, 2.05) is 0 Å². The van der Waals surface area contributed by atoms with Crippen molar-refractivity contribution < 1.29 is 0 Å². The van der Waals surface area contributed by atoms with Gasteiger partial charge in [-0.2, -0.15) is 0 Å². The van der Waals surface area contributed by atoms with Gasteiger partial charge < -0.3 is 16.0 Å². The Labute approximate surface area is 110 Å². The highest BCUT2D eigenvalue weighted by atomic mass is 15.2. The second-order valence-electron chi connectivity index (χ2n) is 6.23. The summed E-state index contributed by atoms with van der Waals surface area (Å²) in [7, 11) is 0. The van der Waals surface area contributed by atoms with Crippen LogP contribution < -0.4 is 11.1 Å². The number of nitrogens with one attached hydrogen (secondary N) is 1. The van der Waals surface area contributed by atoms with Crippen LogP contribution in [0.1, 0.15) is 44.9 Å². The van der Waals surface area contributed by atoms with Gasteiger partial charge in [0, 0.05) is 25.2 Å². The summed E-state index contributed by atoms with van der Waals surface area (Å²) >= 11 is 0. The lowest BCUT2D eigenvalue weighted by atomic mass is 10.1. The van der Waals surface area contributed by atoms with Crippen LogP contribution in [0.4, 0.5) is 0 Å². The van der Waals surface area contributed by atoms with E-state index in [1.165, 1.54) is 58.0 Å². The lowest BCUT2D eigenvalue weighted by Gasteiger charge is -2.15. The van der Waals surface area contributed by atoms with E-state index in [9.17, 15) is 0 Å². The molecule has 0 aromatic carbocycles. The molecule has 1 aliphatic heterocycles. The molecular formula is C14H26N4. The van der Waals surface area contributed by atoms with Crippen molar-refractivity contribution in [2.24, 2.45) is 16.6 Å². The minimum absolute atomic E-state index is 0.584. The quantitative estimate of drug-likeness (QED) is 0.584. The Kier molecular flexibility index (Phi) is 3.73. The fraction of sp³-hybridized carbons (Fsp3) is 0.929. The van der Waals surface area contributed by atoms with E-state index < -0.39 is 0 Å². The highest BCUT2D eigenvalue weighted by molar-refractivity contribution is 5.78. The van der Waals surface area contributed by atoms with Gasteiger partial charge in [0.05, 0.1) is 0 Å². The van der Waals surface area contributed by atoms with Crippen molar-refractivity contribution in [2.75, 3.05) is 19.6 Å². The summed E-state index contributed by atoms with van der Waals surface area (Å²) in [4.78, 5) is 7.18. The van der Waals surface area contributed by atoms with Gasteiger partial charge in [-0.1, -0.05) is 12.8 Å². The molecule has 0 aromatic heterocycles. The van der Waals surface area contributed by atoms with Gasteiger partial charge in [0.2, 0.25) is 0 Å². The Morgan fingerprint density at radius 3 is 2.67 bits per heavy atom. The second kappa shape index (κ2) is 5.47. The number of aliphatic imine (C=N–C) groups is 1. The minimum atomic E-state index is 0.584. The summed E-state index contributed by atoms with van der Waals surface area (Å²) in [6.07, 6.45) is 9.33. The molecule has 0 bridgehead atoms. The van der Waals surface area contributed by atoms with Gasteiger partial charge in [0.1, 0.15) is 0 Å². The molecule has 0 aromatic rings. The molecule has 1 saturated heterocycles. The topological polar surface area (TPSA) is 53.6 Å². The average molecular weight is 250 g/mol. The van der Waals surface area contributed by atoms with Crippen molar-refractivity contribution in [1.29, 1.82) is 0 Å². The molecule has 1 unspecified atom stereocenters. The third kappa shape index (κ3) is 3.16. The summed E-state index contributed by atoms with van der Waals surface area (Å²) in [5.41, 5.74) is 5.96. The van der Waals surface area contributed by atoms with E-state index in [1.54, 1.807) is 0 Å². The number of rotatable bonds is 4. The van der Waals surface area contributed by atoms with E-state index in [-0.39, 0.29) is 0 Å². The lowest BCUT2D eigenvalue weighted by molar-refractivity contribution is 0.315. The fourth-order valence-corrected chi connectivity index (χ4v) is 3.34. The zero-order chi connectivity index (χ0) is 12.4. The normalized spacial score (nSPS) is 31.1. The van der Waals surface area contributed by atoms with Gasteiger partial charge >= 0.3 is 0 Å². The van der Waals surface area contributed by atoms with Gasteiger partial charge in [-0.25, -0.2) is 0 Å². The van der Waals surface area contributed by atoms with Gasteiger partial charge in [-0.15, -0.1) is 0 Å². The first-order valence-corrected chi connectivity index (χ1v) is 7.62. The fourth-order valence-electron chi connectivity index (χ4n) is 3.34. The lowest BCUT2D eigenvalue weighted by Crippen LogP contribution is -2.39. The number of nitrogens with two attached hydrogens (primary N) is 1. The first-order valence-electron chi connectivity index (χ1n) is 7.62. The Bertz CT molecular complexity index is 305. The molecule has 3 N–H and O–H groups in total. The van der Waals surface area contributed by atoms with E-state index in [2.05, 4.69) is 15.2 Å². The molecule has 4 heteroatoms. The molecule has 2 aliphatic carbocycles. The Morgan fingerprint density at radius 1 is 1.17 bits per heavy atom. The van der Waals surface area contributed by atoms with Crippen LogP contribution in [-0.4, -0.2) is 42.6 Å². The maximum absolute atomic E-state index is 5.96. The monoisotopic (exact) mass is 250 g/mol. The Morgan fingerprint density at radius 2 is 1.94 bits per heavy atom. The van der Waals surface area contributed by atoms with Gasteiger partial charge in [0.15, 0.2) is 5.96 Å². The molecule has 2 saturated carbocycles. The number of likely N-dealkylation sites (tertiary alicyclic amines) is 1. The third-order valence-corrected chi connectivity index (χ3v) is 4.61. The molecule has 102 valence electrons. The molecule has 3 aliphatic rings. The van der Waals surface area contributed by atoms with E-state index >= 15 is 0 Å². The van der Waals surface area contributed by atoms with E-state index in [0.717, 1.165) is 18.5 Å². The predicted octanol–water partition coefficient (Wildman–Crippen LogP) is 1.32. The van der Waals surface area contributed by atoms with E-state index in [0.29, 0.717) is 12.0 Å². The zero-order valence-electron chi connectivity index (χ0n) is 11.3. The van der Waals surface area contributed by atoms with E-state index in [4.69, 9.17) is 5.73 Å². The van der Waals surface area contributed by atoms with Crippen LogP contribution in [0.3, 0.4) is 0 Å². The SMILES string of the molecule is NC(=NCC1CCN(C2CC2)C1)NC1CCCC1. The first kappa shape index (κ1) is 12.3. The van der Waals surface area contributed by atoms with Gasteiger partial charge in [-0.05, 0) is 44.6 Å². The van der Waals surface area contributed by atoms with Crippen molar-refractivity contribution in [3.63, 3.8) is 0 Å². The number of hydrogen-bond donors (Lipinski definition) is 2. The Hall–Kier alpha value is -0.770. The number of guanidine groups is 1. The maximum atomic E-state index is 5.96. The maximum Gasteiger partial charge on any atom is 0.188 e. The van der Waals surface area contributed by atoms with Crippen molar-refractivity contribution >= 4 is 5.96 Å². The summed E-state index contributed by atoms with van der Waals surface area (Å²) in [5, 5.41) is 3.36. The first-order chi connectivity index (χ1) is 8.81. The van der Waals surface area contributed by atoms with Crippen LogP contribution in [0.15, 0.2) is 4.99 Å². The summed E-state index contributed by atoms with van der Waals surface area (Å²) < 4.78 is 0. The molecule has 0 amide bonds. The van der Waals surface area contributed by atoms with Crippen LogP contribution in [0.5, 0.6) is 0 Å². The molecular weight excluding hydrogens is 224 g/mol. The van der Waals surface area contributed by atoms with Crippen LogP contribution in [0, 0.1) is 5.92 Å². The number of hydrogen-bond acceptors (Lipinski definition) is 2. The molecule has 0 radical (unpaired) electrons. The van der Waals surface area contributed by atoms with Crippen LogP contribution in [-0.2, 0) is 0 Å². The highest BCUT2D eigenvalue weighted by Gasteiger charge is 2.34. The van der Waals surface area contributed by atoms with Crippen molar-refractivity contribution in [3.05, 3.63) is 0 Å².